The minimum atomic E-state index is -4.76. The summed E-state index contributed by atoms with van der Waals surface area (Å²) in [5, 5.41) is 52.5. The minimum Gasteiger partial charge on any atom is -0.394 e. The predicted octanol–water partition coefficient (Wildman–Crippen LogP) is 2.86. The zero-order valence-corrected chi connectivity index (χ0v) is 32.3. The highest BCUT2D eigenvalue weighted by molar-refractivity contribution is 7.52. The molecule has 7 atom stereocenters. The maximum atomic E-state index is 14.1. The second kappa shape index (κ2) is 23.4. The van der Waals surface area contributed by atoms with Gasteiger partial charge in [-0.1, -0.05) is 97.3 Å². The number of methoxy groups -OCH3 is 1. The van der Waals surface area contributed by atoms with E-state index in [1.165, 1.54) is 71.1 Å². The van der Waals surface area contributed by atoms with E-state index >= 15 is 0 Å². The predicted molar refractivity (Wildman–Crippen MR) is 193 cm³/mol. The Morgan fingerprint density at radius 1 is 0.827 bits per heavy atom. The van der Waals surface area contributed by atoms with Crippen LogP contribution in [-0.2, 0) is 36.0 Å². The topological polar surface area (TPSA) is 240 Å². The molecule has 17 heteroatoms. The molecule has 1 aliphatic rings. The van der Waals surface area contributed by atoms with Crippen LogP contribution in [-0.4, -0.2) is 102 Å². The lowest BCUT2D eigenvalue weighted by Crippen LogP contribution is -2.70. The number of nitrogens with zero attached hydrogens (tertiary/aromatic N) is 2. The molecule has 1 saturated heterocycles. The molecular weight excluding hydrogens is 703 g/mol. The summed E-state index contributed by atoms with van der Waals surface area (Å²) in [6, 6.07) is -1.84. The van der Waals surface area contributed by atoms with Crippen LogP contribution < -0.4 is 11.2 Å². The van der Waals surface area contributed by atoms with Crippen LogP contribution in [0, 0.1) is 6.92 Å². The quantitative estimate of drug-likeness (QED) is 0.0387. The zero-order valence-electron chi connectivity index (χ0n) is 31.4. The molecule has 0 aliphatic carbocycles. The third-order valence-corrected chi connectivity index (χ3v) is 10.6. The monoisotopic (exact) mass is 768 g/mol. The molecule has 304 valence electrons. The summed E-state index contributed by atoms with van der Waals surface area (Å²) in [6.45, 7) is 4.39. The second-order valence-electron chi connectivity index (χ2n) is 13.7. The Morgan fingerprint density at radius 2 is 1.35 bits per heavy atom. The maximum Gasteiger partial charge on any atom is 0.381 e. The van der Waals surface area contributed by atoms with E-state index in [1.54, 1.807) is 0 Å². The van der Waals surface area contributed by atoms with Crippen LogP contribution in [0.2, 0.25) is 0 Å². The summed E-state index contributed by atoms with van der Waals surface area (Å²) in [7, 11) is -3.70. The van der Waals surface area contributed by atoms with E-state index in [0.29, 0.717) is 13.0 Å². The Bertz CT molecular complexity index is 1330. The van der Waals surface area contributed by atoms with Crippen molar-refractivity contribution in [1.82, 2.24) is 9.13 Å². The van der Waals surface area contributed by atoms with Gasteiger partial charge in [-0.05, 0) is 26.2 Å². The minimum absolute atomic E-state index is 0.0255. The van der Waals surface area contributed by atoms with E-state index in [2.05, 4.69) is 6.92 Å². The van der Waals surface area contributed by atoms with Crippen LogP contribution in [0.4, 0.5) is 0 Å². The van der Waals surface area contributed by atoms with Gasteiger partial charge < -0.3 is 54.3 Å². The Kier molecular flexibility index (Phi) is 21.0. The molecule has 0 bridgehead atoms. The van der Waals surface area contributed by atoms with Crippen LogP contribution in [0.1, 0.15) is 134 Å². The van der Waals surface area contributed by atoms with Crippen LogP contribution in [0.25, 0.3) is 0 Å². The van der Waals surface area contributed by atoms with Crippen molar-refractivity contribution in [3.63, 3.8) is 0 Å². The maximum absolute atomic E-state index is 14.1. The number of rotatable bonds is 27. The molecule has 1 aromatic heterocycles. The van der Waals surface area contributed by atoms with E-state index in [1.807, 2.05) is 6.92 Å². The molecule has 52 heavy (non-hydrogen) atoms. The molecule has 0 amide bonds. The SMILES string of the molecule is CCCCCCCCCCCCCCCCOC(CC)c1c(C)c(=O)n([C@@]2(O)O[C@H](CO)[C@H](O)[C@H](O)[C@H]2O)c(=O)n1CCCOC(OC)P(=O)(O)O. The molecule has 0 saturated carbocycles. The molecule has 1 aliphatic heterocycles. The molecule has 7 N–H and O–H groups in total. The molecule has 16 nitrogen and oxygen atoms in total. The number of hydrogen-bond acceptors (Lipinski definition) is 12. The van der Waals surface area contributed by atoms with Gasteiger partial charge in [-0.2, -0.15) is 0 Å². The van der Waals surface area contributed by atoms with Gasteiger partial charge >= 0.3 is 13.3 Å². The second-order valence-corrected chi connectivity index (χ2v) is 15.3. The Labute approximate surface area is 306 Å². The molecule has 2 unspecified atom stereocenters. The van der Waals surface area contributed by atoms with Crippen molar-refractivity contribution in [3.05, 3.63) is 32.1 Å². The number of hydrogen-bond donors (Lipinski definition) is 7. The largest absolute Gasteiger partial charge is 0.394 e. The summed E-state index contributed by atoms with van der Waals surface area (Å²) in [6.07, 6.45) is 8.42. The van der Waals surface area contributed by atoms with E-state index in [9.17, 15) is 49.5 Å². The highest BCUT2D eigenvalue weighted by Crippen LogP contribution is 2.42. The number of unbranched alkanes of at least 4 members (excludes halogenated alkanes) is 13. The van der Waals surface area contributed by atoms with E-state index in [0.717, 1.165) is 37.4 Å². The van der Waals surface area contributed by atoms with Gasteiger partial charge in [0.15, 0.2) is 6.10 Å². The Balaban J connectivity index is 2.18. The lowest BCUT2D eigenvalue weighted by atomic mass is 9.96. The van der Waals surface area contributed by atoms with Crippen LogP contribution in [0.5, 0.6) is 0 Å². The van der Waals surface area contributed by atoms with Gasteiger partial charge in [0.05, 0.1) is 25.0 Å². The first kappa shape index (κ1) is 46.6. The zero-order chi connectivity index (χ0) is 38.9. The van der Waals surface area contributed by atoms with Gasteiger partial charge in [-0.25, -0.2) is 9.36 Å². The molecule has 0 aromatic carbocycles. The van der Waals surface area contributed by atoms with Gasteiger partial charge in [-0.15, -0.1) is 0 Å². The van der Waals surface area contributed by atoms with Crippen molar-refractivity contribution in [2.75, 3.05) is 26.9 Å². The van der Waals surface area contributed by atoms with Gasteiger partial charge in [0, 0.05) is 25.8 Å². The highest BCUT2D eigenvalue weighted by atomic mass is 31.2. The Morgan fingerprint density at radius 3 is 1.83 bits per heavy atom. The fourth-order valence-electron chi connectivity index (χ4n) is 6.65. The van der Waals surface area contributed by atoms with Crippen molar-refractivity contribution < 1.29 is 58.8 Å². The molecule has 0 radical (unpaired) electrons. The molecule has 1 aromatic rings. The molecule has 1 fully saturated rings. The molecule has 2 rings (SSSR count). The van der Waals surface area contributed by atoms with Gasteiger partial charge in [0.25, 0.3) is 17.5 Å². The lowest BCUT2D eigenvalue weighted by molar-refractivity contribution is -0.393. The molecule has 2 heterocycles. The molecule has 0 spiro atoms. The van der Waals surface area contributed by atoms with E-state index in [4.69, 9.17) is 18.9 Å². The molecular formula is C35H65N2O14P. The van der Waals surface area contributed by atoms with Crippen LogP contribution in [0.3, 0.4) is 0 Å². The summed E-state index contributed by atoms with van der Waals surface area (Å²) < 4.78 is 34.4. The van der Waals surface area contributed by atoms with Gasteiger partial charge in [0.1, 0.15) is 18.3 Å². The van der Waals surface area contributed by atoms with Gasteiger partial charge in [0.2, 0.25) is 0 Å². The standard InChI is InChI=1S/C35H65N2O14P/c1-5-7-8-9-10-11-12-13-14-15-16-17-18-19-22-49-26(6-2)28-25(3)32(42)37(35(44)31(41)30(40)29(39)27(24-38)51-35)33(43)36(28)21-20-23-50-34(48-4)52(45,46)47/h26-27,29-31,34,38-41,44H,5-24H2,1-4H3,(H2,45,46,47)/t26?,27-,29+,30+,31-,34?,35+/m1/s1. The number of aromatic nitrogens is 2. The first-order valence-corrected chi connectivity index (χ1v) is 20.6. The first-order chi connectivity index (χ1) is 24.7. The summed E-state index contributed by atoms with van der Waals surface area (Å²) in [5.74, 6) is -3.18. The summed E-state index contributed by atoms with van der Waals surface area (Å²) in [4.78, 5) is 46.8. The van der Waals surface area contributed by atoms with Crippen LogP contribution in [0.15, 0.2) is 9.59 Å². The van der Waals surface area contributed by atoms with E-state index in [-0.39, 0.29) is 35.4 Å². The van der Waals surface area contributed by atoms with E-state index < -0.39 is 67.9 Å². The van der Waals surface area contributed by atoms with Crippen molar-refractivity contribution >= 4 is 7.60 Å². The van der Waals surface area contributed by atoms with Crippen molar-refractivity contribution in [2.24, 2.45) is 0 Å². The summed E-state index contributed by atoms with van der Waals surface area (Å²) >= 11 is 0. The average molecular weight is 769 g/mol. The summed E-state index contributed by atoms with van der Waals surface area (Å²) in [5.41, 5.74) is -2.08. The number of aliphatic hydroxyl groups is 5. The fraction of sp³-hybridized carbons (Fsp3) is 0.886. The van der Waals surface area contributed by atoms with Gasteiger partial charge in [-0.3, -0.25) is 13.9 Å². The Hall–Kier alpha value is -1.53. The normalized spacial score (nSPS) is 23.6. The van der Waals surface area contributed by atoms with Crippen LogP contribution >= 0.6 is 7.60 Å². The number of ether oxygens (including phenoxy) is 4. The average Bonchev–Trinajstić information content (AvgIpc) is 3.10. The number of aliphatic hydroxyl groups excluding tert-OH is 4. The highest BCUT2D eigenvalue weighted by Gasteiger charge is 2.56. The van der Waals surface area contributed by atoms with Crippen molar-refractivity contribution in [1.29, 1.82) is 0 Å². The fourth-order valence-corrected chi connectivity index (χ4v) is 7.22. The third-order valence-electron chi connectivity index (χ3n) is 9.64. The van der Waals surface area contributed by atoms with Crippen molar-refractivity contribution in [3.8, 4) is 0 Å². The van der Waals surface area contributed by atoms with Crippen molar-refractivity contribution in [2.45, 2.75) is 173 Å². The third kappa shape index (κ3) is 13.1. The lowest BCUT2D eigenvalue weighted by Gasteiger charge is -2.45. The smallest absolute Gasteiger partial charge is 0.381 e. The first-order valence-electron chi connectivity index (χ1n) is 18.9.